The molecular formula is C14H14Cl2FNS. The quantitative estimate of drug-likeness (QED) is 0.790. The van der Waals surface area contributed by atoms with Gasteiger partial charge in [0.15, 0.2) is 0 Å². The van der Waals surface area contributed by atoms with Crippen molar-refractivity contribution in [3.8, 4) is 0 Å². The third-order valence-corrected chi connectivity index (χ3v) is 4.36. The van der Waals surface area contributed by atoms with Crippen LogP contribution in [0.15, 0.2) is 30.3 Å². The van der Waals surface area contributed by atoms with E-state index in [-0.39, 0.29) is 16.9 Å². The summed E-state index contributed by atoms with van der Waals surface area (Å²) in [5.74, 6) is -0.373. The van der Waals surface area contributed by atoms with E-state index in [1.165, 1.54) is 11.3 Å². The van der Waals surface area contributed by atoms with Crippen LogP contribution in [0.1, 0.15) is 29.8 Å². The van der Waals surface area contributed by atoms with Crippen molar-refractivity contribution in [1.82, 2.24) is 5.32 Å². The fourth-order valence-corrected chi connectivity index (χ4v) is 3.22. The molecule has 0 aliphatic rings. The normalized spacial score (nSPS) is 12.6. The molecule has 2 rings (SSSR count). The molecule has 0 amide bonds. The monoisotopic (exact) mass is 317 g/mol. The van der Waals surface area contributed by atoms with Crippen molar-refractivity contribution < 1.29 is 4.39 Å². The zero-order valence-corrected chi connectivity index (χ0v) is 12.7. The Bertz CT molecular complexity index is 556. The minimum absolute atomic E-state index is 0.142. The van der Waals surface area contributed by atoms with Gasteiger partial charge in [0.25, 0.3) is 0 Å². The molecule has 1 aromatic carbocycles. The van der Waals surface area contributed by atoms with Crippen LogP contribution in [0.4, 0.5) is 4.39 Å². The number of rotatable bonds is 5. The maximum absolute atomic E-state index is 14.2. The fourth-order valence-electron chi connectivity index (χ4n) is 1.88. The smallest absolute Gasteiger partial charge is 0.146 e. The molecule has 19 heavy (non-hydrogen) atoms. The third kappa shape index (κ3) is 3.48. The van der Waals surface area contributed by atoms with Gasteiger partial charge in [0.2, 0.25) is 0 Å². The van der Waals surface area contributed by atoms with Gasteiger partial charge in [-0.05, 0) is 31.2 Å². The van der Waals surface area contributed by atoms with Gasteiger partial charge in [0.1, 0.15) is 5.82 Å². The van der Waals surface area contributed by atoms with E-state index in [9.17, 15) is 4.39 Å². The molecule has 5 heteroatoms. The summed E-state index contributed by atoms with van der Waals surface area (Å²) in [7, 11) is 0. The second-order valence-electron chi connectivity index (χ2n) is 4.17. The molecule has 0 radical (unpaired) electrons. The van der Waals surface area contributed by atoms with Crippen molar-refractivity contribution in [2.24, 2.45) is 0 Å². The van der Waals surface area contributed by atoms with E-state index >= 15 is 0 Å². The second-order valence-corrected chi connectivity index (χ2v) is 6.33. The van der Waals surface area contributed by atoms with Gasteiger partial charge in [-0.1, -0.05) is 42.3 Å². The molecule has 0 bridgehead atoms. The van der Waals surface area contributed by atoms with Crippen LogP contribution in [0.5, 0.6) is 0 Å². The molecule has 1 heterocycles. The highest BCUT2D eigenvalue weighted by Gasteiger charge is 2.20. The first-order valence-electron chi connectivity index (χ1n) is 6.06. The van der Waals surface area contributed by atoms with E-state index in [0.717, 1.165) is 17.8 Å². The lowest BCUT2D eigenvalue weighted by atomic mass is 10.0. The molecule has 1 unspecified atom stereocenters. The van der Waals surface area contributed by atoms with Gasteiger partial charge in [0.05, 0.1) is 15.4 Å². The Morgan fingerprint density at radius 3 is 2.68 bits per heavy atom. The van der Waals surface area contributed by atoms with E-state index < -0.39 is 0 Å². The van der Waals surface area contributed by atoms with Gasteiger partial charge in [-0.15, -0.1) is 11.3 Å². The molecule has 0 saturated carbocycles. The predicted molar refractivity (Wildman–Crippen MR) is 80.9 cm³/mol. The number of hydrogen-bond acceptors (Lipinski definition) is 2. The SMILES string of the molecule is CCCNC(c1ccc(Cl)s1)c1cccc(Cl)c1F. The Morgan fingerprint density at radius 2 is 2.05 bits per heavy atom. The van der Waals surface area contributed by atoms with Crippen LogP contribution in [0.25, 0.3) is 0 Å². The van der Waals surface area contributed by atoms with Crippen molar-refractivity contribution in [3.05, 3.63) is 55.9 Å². The third-order valence-electron chi connectivity index (χ3n) is 2.77. The Kier molecular flexibility index (Phi) is 5.22. The summed E-state index contributed by atoms with van der Waals surface area (Å²) >= 11 is 13.3. The van der Waals surface area contributed by atoms with E-state index in [4.69, 9.17) is 23.2 Å². The van der Waals surface area contributed by atoms with Crippen LogP contribution >= 0.6 is 34.5 Å². The average molecular weight is 318 g/mol. The van der Waals surface area contributed by atoms with Crippen LogP contribution in [0, 0.1) is 5.82 Å². The fraction of sp³-hybridized carbons (Fsp3) is 0.286. The molecule has 102 valence electrons. The average Bonchev–Trinajstić information content (AvgIpc) is 2.81. The highest BCUT2D eigenvalue weighted by Crippen LogP contribution is 2.33. The van der Waals surface area contributed by atoms with Crippen LogP contribution < -0.4 is 5.32 Å². The van der Waals surface area contributed by atoms with Crippen LogP contribution in [-0.4, -0.2) is 6.54 Å². The van der Waals surface area contributed by atoms with Crippen molar-refractivity contribution >= 4 is 34.5 Å². The van der Waals surface area contributed by atoms with Gasteiger partial charge in [-0.2, -0.15) is 0 Å². The lowest BCUT2D eigenvalue weighted by Gasteiger charge is -2.18. The maximum Gasteiger partial charge on any atom is 0.146 e. The number of nitrogens with one attached hydrogen (secondary N) is 1. The largest absolute Gasteiger partial charge is 0.306 e. The number of hydrogen-bond donors (Lipinski definition) is 1. The van der Waals surface area contributed by atoms with Crippen molar-refractivity contribution in [3.63, 3.8) is 0 Å². The first-order valence-corrected chi connectivity index (χ1v) is 7.63. The van der Waals surface area contributed by atoms with Gasteiger partial charge >= 0.3 is 0 Å². The lowest BCUT2D eigenvalue weighted by Crippen LogP contribution is -2.23. The Morgan fingerprint density at radius 1 is 1.26 bits per heavy atom. The number of thiophene rings is 1. The standard InChI is InChI=1S/C14H14Cl2FNS/c1-2-8-18-14(11-6-7-12(16)19-11)9-4-3-5-10(15)13(9)17/h3-7,14,18H,2,8H2,1H3. The number of benzene rings is 1. The molecule has 0 spiro atoms. The highest BCUT2D eigenvalue weighted by atomic mass is 35.5. The Balaban J connectivity index is 2.39. The predicted octanol–water partition coefficient (Wildman–Crippen LogP) is 5.28. The van der Waals surface area contributed by atoms with E-state index in [2.05, 4.69) is 12.2 Å². The molecule has 0 aliphatic heterocycles. The summed E-state index contributed by atoms with van der Waals surface area (Å²) in [6, 6.07) is 8.60. The molecule has 1 N–H and O–H groups in total. The van der Waals surface area contributed by atoms with Crippen molar-refractivity contribution in [2.75, 3.05) is 6.54 Å². The molecule has 1 aromatic heterocycles. The number of halogens is 3. The Labute approximate surface area is 126 Å². The lowest BCUT2D eigenvalue weighted by molar-refractivity contribution is 0.551. The van der Waals surface area contributed by atoms with E-state index in [1.54, 1.807) is 18.2 Å². The van der Waals surface area contributed by atoms with Crippen LogP contribution in [0.3, 0.4) is 0 Å². The zero-order valence-electron chi connectivity index (χ0n) is 10.4. The Hall–Kier alpha value is -0.610. The van der Waals surface area contributed by atoms with Crippen LogP contribution in [0.2, 0.25) is 9.36 Å². The maximum atomic E-state index is 14.2. The molecule has 1 nitrogen and oxygen atoms in total. The summed E-state index contributed by atoms with van der Waals surface area (Å²) in [5.41, 5.74) is 0.555. The molecule has 2 aromatic rings. The topological polar surface area (TPSA) is 12.0 Å². The zero-order chi connectivity index (χ0) is 13.8. The molecular weight excluding hydrogens is 304 g/mol. The van der Waals surface area contributed by atoms with Gasteiger partial charge < -0.3 is 5.32 Å². The second kappa shape index (κ2) is 6.71. The van der Waals surface area contributed by atoms with Gasteiger partial charge in [-0.25, -0.2) is 4.39 Å². The van der Waals surface area contributed by atoms with Gasteiger partial charge in [0, 0.05) is 10.4 Å². The minimum Gasteiger partial charge on any atom is -0.306 e. The first-order chi connectivity index (χ1) is 9.13. The van der Waals surface area contributed by atoms with Gasteiger partial charge in [-0.3, -0.25) is 0 Å². The van der Waals surface area contributed by atoms with E-state index in [0.29, 0.717) is 9.90 Å². The summed E-state index contributed by atoms with van der Waals surface area (Å²) in [4.78, 5) is 0.986. The summed E-state index contributed by atoms with van der Waals surface area (Å²) in [6.07, 6.45) is 0.970. The summed E-state index contributed by atoms with van der Waals surface area (Å²) < 4.78 is 14.9. The van der Waals surface area contributed by atoms with Crippen molar-refractivity contribution in [1.29, 1.82) is 0 Å². The molecule has 1 atom stereocenters. The molecule has 0 fully saturated rings. The first kappa shape index (κ1) is 14.8. The molecule has 0 aliphatic carbocycles. The summed E-state index contributed by atoms with van der Waals surface area (Å²) in [5, 5.41) is 3.48. The minimum atomic E-state index is -0.373. The molecule has 0 saturated heterocycles. The van der Waals surface area contributed by atoms with E-state index in [1.807, 2.05) is 12.1 Å². The van der Waals surface area contributed by atoms with Crippen molar-refractivity contribution in [2.45, 2.75) is 19.4 Å². The van der Waals surface area contributed by atoms with Crippen LogP contribution in [-0.2, 0) is 0 Å². The summed E-state index contributed by atoms with van der Waals surface area (Å²) in [6.45, 7) is 2.87. The highest BCUT2D eigenvalue weighted by molar-refractivity contribution is 7.16.